The summed E-state index contributed by atoms with van der Waals surface area (Å²) in [4.78, 5) is 12.9. The maximum absolute atomic E-state index is 12.9. The van der Waals surface area contributed by atoms with Gasteiger partial charge in [0.25, 0.3) is 5.56 Å². The maximum Gasteiger partial charge on any atom is 0.262 e. The van der Waals surface area contributed by atoms with Crippen molar-refractivity contribution in [3.8, 4) is 11.3 Å². The topological polar surface area (TPSA) is 71.9 Å². The van der Waals surface area contributed by atoms with Crippen molar-refractivity contribution in [2.45, 2.75) is 45.1 Å². The first kappa shape index (κ1) is 15.5. The van der Waals surface area contributed by atoms with Crippen LogP contribution in [0.3, 0.4) is 0 Å². The molecule has 4 nitrogen and oxygen atoms in total. The van der Waals surface area contributed by atoms with Crippen LogP contribution in [0, 0.1) is 5.41 Å². The van der Waals surface area contributed by atoms with E-state index in [1.54, 1.807) is 6.07 Å². The number of nitrogens with one attached hydrogen (secondary N) is 1. The zero-order valence-electron chi connectivity index (χ0n) is 13.5. The average molecular weight is 309 g/mol. The van der Waals surface area contributed by atoms with E-state index in [-0.39, 0.29) is 17.4 Å². The Bertz CT molecular complexity index is 768. The second-order valence-electron chi connectivity index (χ2n) is 6.21. The third-order valence-corrected chi connectivity index (χ3v) is 4.75. The van der Waals surface area contributed by atoms with Crippen molar-refractivity contribution in [2.75, 3.05) is 0 Å². The molecule has 1 aromatic heterocycles. The van der Waals surface area contributed by atoms with Crippen LogP contribution in [-0.2, 0) is 6.42 Å². The molecule has 1 fully saturated rings. The molecule has 1 heterocycles. The van der Waals surface area contributed by atoms with E-state index in [9.17, 15) is 4.79 Å². The van der Waals surface area contributed by atoms with Crippen LogP contribution in [0.4, 0.5) is 0 Å². The van der Waals surface area contributed by atoms with Gasteiger partial charge < -0.3 is 10.3 Å². The molecule has 0 unspecified atom stereocenters. The molecule has 3 N–H and O–H groups in total. The van der Waals surface area contributed by atoms with Gasteiger partial charge >= 0.3 is 0 Å². The monoisotopic (exact) mass is 309 g/mol. The number of hydrogen-bond donors (Lipinski definition) is 2. The van der Waals surface area contributed by atoms with Gasteiger partial charge in [0.15, 0.2) is 0 Å². The molecule has 1 aromatic carbocycles. The molecule has 1 saturated carbocycles. The second kappa shape index (κ2) is 6.41. The van der Waals surface area contributed by atoms with Crippen LogP contribution >= 0.6 is 0 Å². The molecular weight excluding hydrogens is 286 g/mol. The van der Waals surface area contributed by atoms with Crippen LogP contribution in [0.25, 0.3) is 11.3 Å². The van der Waals surface area contributed by atoms with E-state index in [2.05, 4.69) is 31.2 Å². The summed E-state index contributed by atoms with van der Waals surface area (Å²) in [5.74, 6) is -0.158. The fourth-order valence-electron chi connectivity index (χ4n) is 3.43. The summed E-state index contributed by atoms with van der Waals surface area (Å²) in [6, 6.07) is 12.2. The van der Waals surface area contributed by atoms with Crippen molar-refractivity contribution in [3.05, 3.63) is 57.9 Å². The van der Waals surface area contributed by atoms with Crippen LogP contribution in [-0.4, -0.2) is 10.4 Å². The van der Waals surface area contributed by atoms with Crippen LogP contribution in [0.2, 0.25) is 0 Å². The minimum atomic E-state index is -0.158. The molecule has 0 saturated heterocycles. The zero-order valence-corrected chi connectivity index (χ0v) is 13.5. The summed E-state index contributed by atoms with van der Waals surface area (Å²) < 4.78 is 1.87. The summed E-state index contributed by atoms with van der Waals surface area (Å²) in [5, 5.41) is 7.64. The first-order valence-electron chi connectivity index (χ1n) is 8.31. The van der Waals surface area contributed by atoms with Gasteiger partial charge in [0.1, 0.15) is 5.84 Å². The van der Waals surface area contributed by atoms with E-state index in [1.807, 2.05) is 10.6 Å². The summed E-state index contributed by atoms with van der Waals surface area (Å²) in [5.41, 5.74) is 8.99. The van der Waals surface area contributed by atoms with E-state index < -0.39 is 0 Å². The third-order valence-electron chi connectivity index (χ3n) is 4.75. The Labute approximate surface area is 136 Å². The maximum atomic E-state index is 12.9. The lowest BCUT2D eigenvalue weighted by atomic mass is 10.0. The largest absolute Gasteiger partial charge is 0.384 e. The number of nitrogens with two attached hydrogens (primary N) is 1. The molecule has 1 aliphatic carbocycles. The Morgan fingerprint density at radius 2 is 1.83 bits per heavy atom. The first-order chi connectivity index (χ1) is 11.1. The third kappa shape index (κ3) is 2.93. The van der Waals surface area contributed by atoms with Gasteiger partial charge in [-0.15, -0.1) is 0 Å². The molecule has 120 valence electrons. The van der Waals surface area contributed by atoms with Crippen molar-refractivity contribution in [3.63, 3.8) is 0 Å². The molecule has 0 aliphatic heterocycles. The fraction of sp³-hybridized carbons (Fsp3) is 0.368. The van der Waals surface area contributed by atoms with E-state index in [1.165, 1.54) is 5.56 Å². The highest BCUT2D eigenvalue weighted by Gasteiger charge is 2.22. The van der Waals surface area contributed by atoms with E-state index in [4.69, 9.17) is 11.1 Å². The van der Waals surface area contributed by atoms with Gasteiger partial charge in [0.2, 0.25) is 0 Å². The van der Waals surface area contributed by atoms with Crippen LogP contribution < -0.4 is 11.3 Å². The minimum absolute atomic E-state index is 0.138. The summed E-state index contributed by atoms with van der Waals surface area (Å²) in [7, 11) is 0. The lowest BCUT2D eigenvalue weighted by molar-refractivity contribution is 0.507. The molecule has 0 atom stereocenters. The Morgan fingerprint density at radius 1 is 1.17 bits per heavy atom. The predicted octanol–water partition coefficient (Wildman–Crippen LogP) is 3.48. The van der Waals surface area contributed by atoms with Crippen LogP contribution in [0.5, 0.6) is 0 Å². The number of amidine groups is 1. The van der Waals surface area contributed by atoms with Gasteiger partial charge in [0.05, 0.1) is 11.3 Å². The quantitative estimate of drug-likeness (QED) is 0.670. The number of benzene rings is 1. The van der Waals surface area contributed by atoms with E-state index >= 15 is 0 Å². The van der Waals surface area contributed by atoms with Gasteiger partial charge in [0, 0.05) is 6.04 Å². The molecule has 4 heteroatoms. The highest BCUT2D eigenvalue weighted by molar-refractivity contribution is 5.94. The van der Waals surface area contributed by atoms with Crippen molar-refractivity contribution in [2.24, 2.45) is 5.73 Å². The van der Waals surface area contributed by atoms with Gasteiger partial charge in [-0.2, -0.15) is 0 Å². The zero-order chi connectivity index (χ0) is 16.4. The molecule has 23 heavy (non-hydrogen) atoms. The molecule has 0 spiro atoms. The number of aryl methyl sites for hydroxylation is 1. The molecule has 0 amide bonds. The van der Waals surface area contributed by atoms with Gasteiger partial charge in [-0.1, -0.05) is 44.0 Å². The highest BCUT2D eigenvalue weighted by atomic mass is 16.1. The fourth-order valence-corrected chi connectivity index (χ4v) is 3.43. The van der Waals surface area contributed by atoms with E-state index in [0.717, 1.165) is 43.4 Å². The number of nitrogens with zero attached hydrogens (tertiary/aromatic N) is 1. The normalized spacial score (nSPS) is 15.0. The van der Waals surface area contributed by atoms with Crippen LogP contribution in [0.15, 0.2) is 41.2 Å². The Kier molecular flexibility index (Phi) is 4.33. The number of aromatic nitrogens is 1. The van der Waals surface area contributed by atoms with Crippen molar-refractivity contribution in [1.82, 2.24) is 4.57 Å². The Balaban J connectivity index is 2.16. The van der Waals surface area contributed by atoms with Gasteiger partial charge in [-0.05, 0) is 42.5 Å². The summed E-state index contributed by atoms with van der Waals surface area (Å²) in [6.07, 6.45) is 5.33. The first-order valence-corrected chi connectivity index (χ1v) is 8.31. The average Bonchev–Trinajstić information content (AvgIpc) is 3.08. The second-order valence-corrected chi connectivity index (χ2v) is 6.21. The van der Waals surface area contributed by atoms with Crippen LogP contribution in [0.1, 0.15) is 49.8 Å². The molecule has 0 bridgehead atoms. The molecule has 3 rings (SSSR count). The SMILES string of the molecule is CCc1ccc(-c2ccc(C(=N)N)c(=O)n2C2CCCC2)cc1. The minimum Gasteiger partial charge on any atom is -0.384 e. The number of hydrogen-bond acceptors (Lipinski definition) is 2. The molecule has 2 aromatic rings. The Morgan fingerprint density at radius 3 is 2.39 bits per heavy atom. The number of pyridine rings is 1. The molecule has 1 aliphatic rings. The van der Waals surface area contributed by atoms with Crippen molar-refractivity contribution in [1.29, 1.82) is 5.41 Å². The highest BCUT2D eigenvalue weighted by Crippen LogP contribution is 2.32. The van der Waals surface area contributed by atoms with Crippen molar-refractivity contribution < 1.29 is 0 Å². The molecule has 0 radical (unpaired) electrons. The van der Waals surface area contributed by atoms with E-state index in [0.29, 0.717) is 5.56 Å². The summed E-state index contributed by atoms with van der Waals surface area (Å²) in [6.45, 7) is 2.13. The summed E-state index contributed by atoms with van der Waals surface area (Å²) >= 11 is 0. The smallest absolute Gasteiger partial charge is 0.262 e. The number of nitrogen functional groups attached to an aromatic ring is 1. The number of rotatable bonds is 4. The lowest BCUT2D eigenvalue weighted by Crippen LogP contribution is -2.32. The molecular formula is C19H23N3O. The van der Waals surface area contributed by atoms with Gasteiger partial charge in [-0.3, -0.25) is 10.2 Å². The Hall–Kier alpha value is -2.36. The standard InChI is InChI=1S/C19H23N3O/c1-2-13-7-9-14(10-8-13)17-12-11-16(18(20)21)19(23)22(17)15-5-3-4-6-15/h7-12,15H,2-6H2,1H3,(H3,20,21). The van der Waals surface area contributed by atoms with Gasteiger partial charge in [-0.25, -0.2) is 0 Å². The van der Waals surface area contributed by atoms with Crippen molar-refractivity contribution >= 4 is 5.84 Å². The lowest BCUT2D eigenvalue weighted by Gasteiger charge is -2.20. The predicted molar refractivity (Wildman–Crippen MR) is 94.0 cm³/mol.